The van der Waals surface area contributed by atoms with E-state index in [1.807, 2.05) is 0 Å². The van der Waals surface area contributed by atoms with Gasteiger partial charge >= 0.3 is 11.7 Å². The maximum Gasteiger partial charge on any atom is 0.416 e. The van der Waals surface area contributed by atoms with E-state index in [0.29, 0.717) is 28.5 Å². The number of nitrogens with zero attached hydrogens (tertiary/aromatic N) is 1. The minimum atomic E-state index is -1.21. The van der Waals surface area contributed by atoms with Crippen LogP contribution in [0.4, 0.5) is 16.2 Å². The van der Waals surface area contributed by atoms with Gasteiger partial charge in [0.1, 0.15) is 17.1 Å². The molecule has 0 spiro atoms. The number of fused-ring (bicyclic) bond motifs is 1. The Kier molecular flexibility index (Phi) is 4.53. The number of amides is 1. The second-order valence-corrected chi connectivity index (χ2v) is 5.58. The van der Waals surface area contributed by atoms with Crippen molar-refractivity contribution in [3.05, 3.63) is 58.4 Å². The predicted molar refractivity (Wildman–Crippen MR) is 96.9 cm³/mol. The zero-order chi connectivity index (χ0) is 18.8. The zero-order valence-corrected chi connectivity index (χ0v) is 14.5. The Hall–Kier alpha value is -3.48. The van der Waals surface area contributed by atoms with Gasteiger partial charge in [-0.25, -0.2) is 14.5 Å². The molecule has 26 heavy (non-hydrogen) atoms. The van der Waals surface area contributed by atoms with Gasteiger partial charge in [-0.2, -0.15) is 0 Å². The summed E-state index contributed by atoms with van der Waals surface area (Å²) in [6.45, 7) is 1.79. The highest BCUT2D eigenvalue weighted by Gasteiger charge is 2.22. The molecule has 0 aliphatic rings. The number of carbonyl (C=O) groups is 1. The summed E-state index contributed by atoms with van der Waals surface area (Å²) < 4.78 is 15.7. The molecular weight excluding hydrogens is 338 g/mol. The third-order valence-corrected chi connectivity index (χ3v) is 4.01. The maximum absolute atomic E-state index is 11.9. The molecule has 1 heterocycles. The van der Waals surface area contributed by atoms with Crippen LogP contribution >= 0.6 is 0 Å². The van der Waals surface area contributed by atoms with Gasteiger partial charge in [0.05, 0.1) is 25.6 Å². The highest BCUT2D eigenvalue weighted by Crippen LogP contribution is 2.37. The summed E-state index contributed by atoms with van der Waals surface area (Å²) in [5.74, 6) is 0.869. The molecule has 0 saturated carbocycles. The van der Waals surface area contributed by atoms with Gasteiger partial charge in [0.25, 0.3) is 0 Å². The number of hydrogen-bond donors (Lipinski definition) is 1. The SMILES string of the molecule is COc1ccc(N(C(=O)O)c2ccc3c(C)cc(=O)oc3c2)c(OC)c1. The summed E-state index contributed by atoms with van der Waals surface area (Å²) in [5, 5.41) is 10.5. The van der Waals surface area contributed by atoms with Crippen LogP contribution in [0.3, 0.4) is 0 Å². The third kappa shape index (κ3) is 3.06. The second-order valence-electron chi connectivity index (χ2n) is 5.58. The lowest BCUT2D eigenvalue weighted by molar-refractivity contribution is 0.204. The van der Waals surface area contributed by atoms with Gasteiger partial charge in [-0.1, -0.05) is 0 Å². The topological polar surface area (TPSA) is 89.2 Å². The van der Waals surface area contributed by atoms with Crippen molar-refractivity contribution in [2.45, 2.75) is 6.92 Å². The first-order chi connectivity index (χ1) is 12.4. The van der Waals surface area contributed by atoms with Gasteiger partial charge in [-0.15, -0.1) is 0 Å². The Balaban J connectivity index is 2.19. The smallest absolute Gasteiger partial charge is 0.416 e. The highest BCUT2D eigenvalue weighted by atomic mass is 16.5. The van der Waals surface area contributed by atoms with Crippen LogP contribution in [-0.2, 0) is 0 Å². The summed E-state index contributed by atoms with van der Waals surface area (Å²) >= 11 is 0. The molecule has 7 heteroatoms. The predicted octanol–water partition coefficient (Wildman–Crippen LogP) is 3.93. The standard InChI is InChI=1S/C19H17NO6/c1-11-8-18(21)26-16-9-12(4-6-14(11)16)20(19(22)23)15-7-5-13(24-2)10-17(15)25-3/h4-10H,1-3H3,(H,22,23). The molecule has 0 aliphatic carbocycles. The van der Waals surface area contributed by atoms with Gasteiger partial charge in [-0.05, 0) is 36.8 Å². The molecule has 0 saturated heterocycles. The van der Waals surface area contributed by atoms with Gasteiger partial charge < -0.3 is 19.0 Å². The summed E-state index contributed by atoms with van der Waals surface area (Å²) in [6.07, 6.45) is -1.21. The number of anilines is 2. The van der Waals surface area contributed by atoms with E-state index in [1.54, 1.807) is 37.3 Å². The molecule has 2 aromatic carbocycles. The molecular formula is C19H17NO6. The van der Waals surface area contributed by atoms with Gasteiger partial charge in [0.2, 0.25) is 0 Å². The van der Waals surface area contributed by atoms with E-state index >= 15 is 0 Å². The van der Waals surface area contributed by atoms with E-state index in [9.17, 15) is 14.7 Å². The summed E-state index contributed by atoms with van der Waals surface area (Å²) in [6, 6.07) is 11.1. The molecule has 0 fully saturated rings. The number of aryl methyl sites for hydroxylation is 1. The van der Waals surface area contributed by atoms with E-state index in [0.717, 1.165) is 15.8 Å². The molecule has 0 aliphatic heterocycles. The Morgan fingerprint density at radius 1 is 1.08 bits per heavy atom. The third-order valence-electron chi connectivity index (χ3n) is 4.01. The second kappa shape index (κ2) is 6.79. The van der Waals surface area contributed by atoms with Crippen molar-refractivity contribution in [1.29, 1.82) is 0 Å². The van der Waals surface area contributed by atoms with Crippen molar-refractivity contribution in [1.82, 2.24) is 0 Å². The molecule has 0 bridgehead atoms. The average Bonchev–Trinajstić information content (AvgIpc) is 2.61. The Morgan fingerprint density at radius 2 is 1.85 bits per heavy atom. The highest BCUT2D eigenvalue weighted by molar-refractivity contribution is 5.98. The normalized spacial score (nSPS) is 10.6. The van der Waals surface area contributed by atoms with Crippen molar-refractivity contribution in [2.75, 3.05) is 19.1 Å². The van der Waals surface area contributed by atoms with E-state index in [-0.39, 0.29) is 0 Å². The number of hydrogen-bond acceptors (Lipinski definition) is 5. The van der Waals surface area contributed by atoms with Crippen LogP contribution < -0.4 is 20.0 Å². The summed E-state index contributed by atoms with van der Waals surface area (Å²) in [5.41, 5.74) is 1.21. The zero-order valence-electron chi connectivity index (χ0n) is 14.5. The first kappa shape index (κ1) is 17.3. The van der Waals surface area contributed by atoms with Crippen LogP contribution in [-0.4, -0.2) is 25.4 Å². The number of ether oxygens (including phenoxy) is 2. The average molecular weight is 355 g/mol. The Labute approximate surface area is 149 Å². The van der Waals surface area contributed by atoms with Crippen LogP contribution in [0, 0.1) is 6.92 Å². The number of carboxylic acid groups (broad SMARTS) is 1. The van der Waals surface area contributed by atoms with Crippen molar-refractivity contribution in [2.24, 2.45) is 0 Å². The van der Waals surface area contributed by atoms with Crippen molar-refractivity contribution in [3.63, 3.8) is 0 Å². The molecule has 0 unspecified atom stereocenters. The molecule has 1 amide bonds. The van der Waals surface area contributed by atoms with E-state index in [4.69, 9.17) is 13.9 Å². The van der Waals surface area contributed by atoms with E-state index in [2.05, 4.69) is 0 Å². The first-order valence-electron chi connectivity index (χ1n) is 7.74. The van der Waals surface area contributed by atoms with Gasteiger partial charge in [0.15, 0.2) is 0 Å². The van der Waals surface area contributed by atoms with Crippen LogP contribution in [0.25, 0.3) is 11.0 Å². The molecule has 7 nitrogen and oxygen atoms in total. The number of benzene rings is 2. The molecule has 0 atom stereocenters. The fraction of sp³-hybridized carbons (Fsp3) is 0.158. The van der Waals surface area contributed by atoms with Crippen LogP contribution in [0.15, 0.2) is 51.7 Å². The number of rotatable bonds is 4. The lowest BCUT2D eigenvalue weighted by atomic mass is 10.1. The Morgan fingerprint density at radius 3 is 2.50 bits per heavy atom. The maximum atomic E-state index is 11.9. The fourth-order valence-corrected chi connectivity index (χ4v) is 2.77. The fourth-order valence-electron chi connectivity index (χ4n) is 2.77. The molecule has 1 N–H and O–H groups in total. The van der Waals surface area contributed by atoms with Crippen LogP contribution in [0.1, 0.15) is 5.56 Å². The van der Waals surface area contributed by atoms with Crippen molar-refractivity contribution < 1.29 is 23.8 Å². The van der Waals surface area contributed by atoms with Crippen molar-refractivity contribution >= 4 is 28.4 Å². The minimum Gasteiger partial charge on any atom is -0.497 e. The van der Waals surface area contributed by atoms with Crippen LogP contribution in [0.5, 0.6) is 11.5 Å². The van der Waals surface area contributed by atoms with Crippen molar-refractivity contribution in [3.8, 4) is 11.5 Å². The monoisotopic (exact) mass is 355 g/mol. The van der Waals surface area contributed by atoms with E-state index < -0.39 is 11.7 Å². The Bertz CT molecular complexity index is 1040. The molecule has 3 rings (SSSR count). The summed E-state index contributed by atoms with van der Waals surface area (Å²) in [7, 11) is 2.96. The first-order valence-corrected chi connectivity index (χ1v) is 7.74. The molecule has 0 radical (unpaired) electrons. The van der Waals surface area contributed by atoms with Gasteiger partial charge in [0, 0.05) is 23.6 Å². The molecule has 1 aromatic heterocycles. The summed E-state index contributed by atoms with van der Waals surface area (Å²) in [4.78, 5) is 24.6. The minimum absolute atomic E-state index is 0.311. The molecule has 3 aromatic rings. The lowest BCUT2D eigenvalue weighted by Gasteiger charge is -2.22. The van der Waals surface area contributed by atoms with Gasteiger partial charge in [-0.3, -0.25) is 0 Å². The number of methoxy groups -OCH3 is 2. The lowest BCUT2D eigenvalue weighted by Crippen LogP contribution is -2.24. The quantitative estimate of drug-likeness (QED) is 0.713. The largest absolute Gasteiger partial charge is 0.497 e. The molecule has 134 valence electrons. The van der Waals surface area contributed by atoms with E-state index in [1.165, 1.54) is 26.4 Å². The van der Waals surface area contributed by atoms with Crippen LogP contribution in [0.2, 0.25) is 0 Å².